The van der Waals surface area contributed by atoms with E-state index >= 15 is 0 Å². The van der Waals surface area contributed by atoms with Crippen LogP contribution in [0.25, 0.3) is 0 Å². The molecular weight excluding hydrogens is 260 g/mol. The molecule has 0 radical (unpaired) electrons. The molecule has 0 saturated heterocycles. The predicted molar refractivity (Wildman–Crippen MR) is 85.8 cm³/mol. The van der Waals surface area contributed by atoms with Crippen LogP contribution in [0, 0.1) is 5.92 Å². The van der Waals surface area contributed by atoms with Gasteiger partial charge in [0.2, 0.25) is 0 Å². The molecule has 1 atom stereocenters. The molecule has 0 aliphatic carbocycles. The molecule has 2 aromatic rings. The number of nitrogens with two attached hydrogens (primary N) is 1. The van der Waals surface area contributed by atoms with Gasteiger partial charge in [-0.25, -0.2) is 9.67 Å². The van der Waals surface area contributed by atoms with E-state index in [1.807, 2.05) is 22.9 Å². The van der Waals surface area contributed by atoms with Crippen LogP contribution >= 0.6 is 0 Å². The fourth-order valence-corrected chi connectivity index (χ4v) is 2.76. The summed E-state index contributed by atoms with van der Waals surface area (Å²) >= 11 is 0. The summed E-state index contributed by atoms with van der Waals surface area (Å²) in [5, 5.41) is 4.34. The third-order valence-corrected chi connectivity index (χ3v) is 3.75. The molecule has 4 heteroatoms. The third kappa shape index (κ3) is 3.91. The first-order valence-corrected chi connectivity index (χ1v) is 7.76. The zero-order chi connectivity index (χ0) is 15.3. The Balaban J connectivity index is 2.26. The van der Waals surface area contributed by atoms with Crippen molar-refractivity contribution in [1.82, 2.24) is 14.8 Å². The number of nitrogens with zero attached hydrogens (tertiary/aromatic N) is 3. The lowest BCUT2D eigenvalue weighted by Crippen LogP contribution is -2.40. The molecule has 0 fully saturated rings. The van der Waals surface area contributed by atoms with Gasteiger partial charge in [-0.1, -0.05) is 57.5 Å². The highest BCUT2D eigenvalue weighted by atomic mass is 15.3. The molecule has 0 aliphatic heterocycles. The number of aromatic nitrogens is 3. The summed E-state index contributed by atoms with van der Waals surface area (Å²) in [4.78, 5) is 4.43. The summed E-state index contributed by atoms with van der Waals surface area (Å²) in [5.74, 6) is 1.52. The third-order valence-electron chi connectivity index (χ3n) is 3.75. The minimum absolute atomic E-state index is 0.377. The second-order valence-corrected chi connectivity index (χ2v) is 6.20. The minimum Gasteiger partial charge on any atom is -0.321 e. The monoisotopic (exact) mass is 286 g/mol. The van der Waals surface area contributed by atoms with E-state index < -0.39 is 0 Å². The molecule has 1 unspecified atom stereocenters. The van der Waals surface area contributed by atoms with E-state index in [1.165, 1.54) is 5.56 Å². The summed E-state index contributed by atoms with van der Waals surface area (Å²) in [6.45, 7) is 7.42. The first-order chi connectivity index (χ1) is 10.0. The maximum absolute atomic E-state index is 6.74. The fraction of sp³-hybridized carbons (Fsp3) is 0.529. The Hall–Kier alpha value is -1.68. The summed E-state index contributed by atoms with van der Waals surface area (Å²) < 4.78 is 1.99. The highest BCUT2D eigenvalue weighted by Gasteiger charge is 2.28. The highest BCUT2D eigenvalue weighted by molar-refractivity contribution is 5.25. The number of rotatable bonds is 7. The van der Waals surface area contributed by atoms with Gasteiger partial charge in [0, 0.05) is 18.5 Å². The molecule has 0 spiro atoms. The summed E-state index contributed by atoms with van der Waals surface area (Å²) in [6.07, 6.45) is 4.34. The first kappa shape index (κ1) is 15.7. The fourth-order valence-electron chi connectivity index (χ4n) is 2.76. The normalized spacial score (nSPS) is 14.3. The van der Waals surface area contributed by atoms with Crippen molar-refractivity contribution < 1.29 is 0 Å². The van der Waals surface area contributed by atoms with Crippen LogP contribution in [0.4, 0.5) is 0 Å². The molecule has 4 nitrogen and oxygen atoms in total. The Bertz CT molecular complexity index is 547. The Morgan fingerprint density at radius 1 is 1.24 bits per heavy atom. The number of benzene rings is 1. The van der Waals surface area contributed by atoms with Gasteiger partial charge in [-0.2, -0.15) is 5.10 Å². The Kier molecular flexibility index (Phi) is 5.12. The lowest BCUT2D eigenvalue weighted by Gasteiger charge is -2.29. The van der Waals surface area contributed by atoms with E-state index in [-0.39, 0.29) is 5.54 Å². The van der Waals surface area contributed by atoms with Gasteiger partial charge < -0.3 is 5.73 Å². The van der Waals surface area contributed by atoms with E-state index in [0.29, 0.717) is 5.92 Å². The van der Waals surface area contributed by atoms with Crippen molar-refractivity contribution in [2.45, 2.75) is 52.1 Å². The smallest absolute Gasteiger partial charge is 0.138 e. The first-order valence-electron chi connectivity index (χ1n) is 7.76. The molecule has 0 saturated carbocycles. The molecule has 21 heavy (non-hydrogen) atoms. The summed E-state index contributed by atoms with van der Waals surface area (Å²) in [6, 6.07) is 10.3. The van der Waals surface area contributed by atoms with Crippen LogP contribution in [0.15, 0.2) is 36.7 Å². The number of hydrogen-bond acceptors (Lipinski definition) is 3. The SMILES string of the molecule is CCCC(N)(Cc1ncnn1CC(C)C)c1ccccc1. The highest BCUT2D eigenvalue weighted by Crippen LogP contribution is 2.27. The molecular formula is C17H26N4. The van der Waals surface area contributed by atoms with E-state index in [4.69, 9.17) is 5.73 Å². The van der Waals surface area contributed by atoms with Crippen LogP contribution < -0.4 is 5.73 Å². The quantitative estimate of drug-likeness (QED) is 0.850. The van der Waals surface area contributed by atoms with Crippen LogP contribution in [0.2, 0.25) is 0 Å². The van der Waals surface area contributed by atoms with Gasteiger partial charge in [0.25, 0.3) is 0 Å². The van der Waals surface area contributed by atoms with Gasteiger partial charge >= 0.3 is 0 Å². The van der Waals surface area contributed by atoms with Crippen molar-refractivity contribution in [3.8, 4) is 0 Å². The average Bonchev–Trinajstić information content (AvgIpc) is 2.86. The average molecular weight is 286 g/mol. The predicted octanol–water partition coefficient (Wildman–Crippen LogP) is 3.13. The van der Waals surface area contributed by atoms with Crippen LogP contribution in [0.3, 0.4) is 0 Å². The molecule has 114 valence electrons. The van der Waals surface area contributed by atoms with Crippen molar-refractivity contribution in [3.05, 3.63) is 48.0 Å². The summed E-state index contributed by atoms with van der Waals surface area (Å²) in [7, 11) is 0. The van der Waals surface area contributed by atoms with E-state index in [1.54, 1.807) is 6.33 Å². The second-order valence-electron chi connectivity index (χ2n) is 6.20. The zero-order valence-corrected chi connectivity index (χ0v) is 13.3. The molecule has 0 bridgehead atoms. The van der Waals surface area contributed by atoms with E-state index in [0.717, 1.165) is 31.6 Å². The zero-order valence-electron chi connectivity index (χ0n) is 13.3. The standard InChI is InChI=1S/C17H26N4/c1-4-10-17(18,15-8-6-5-7-9-15)11-16-19-13-20-21(16)12-14(2)3/h5-9,13-14H,4,10-12,18H2,1-3H3. The van der Waals surface area contributed by atoms with Crippen molar-refractivity contribution >= 4 is 0 Å². The molecule has 0 aliphatic rings. The van der Waals surface area contributed by atoms with Crippen LogP contribution in [0.5, 0.6) is 0 Å². The lowest BCUT2D eigenvalue weighted by atomic mass is 9.83. The topological polar surface area (TPSA) is 56.7 Å². The van der Waals surface area contributed by atoms with Crippen molar-refractivity contribution in [2.24, 2.45) is 11.7 Å². The molecule has 2 N–H and O–H groups in total. The Labute approximate surface area is 127 Å². The second kappa shape index (κ2) is 6.85. The molecule has 1 aromatic carbocycles. The van der Waals surface area contributed by atoms with Crippen LogP contribution in [-0.4, -0.2) is 14.8 Å². The van der Waals surface area contributed by atoms with Gasteiger partial charge in [0.05, 0.1) is 0 Å². The van der Waals surface area contributed by atoms with Gasteiger partial charge in [-0.15, -0.1) is 0 Å². The van der Waals surface area contributed by atoms with Gasteiger partial charge in [-0.3, -0.25) is 0 Å². The molecule has 2 rings (SSSR count). The molecule has 1 aromatic heterocycles. The van der Waals surface area contributed by atoms with Gasteiger partial charge in [-0.05, 0) is 17.9 Å². The van der Waals surface area contributed by atoms with E-state index in [2.05, 4.69) is 43.0 Å². The Morgan fingerprint density at radius 3 is 2.57 bits per heavy atom. The van der Waals surface area contributed by atoms with Gasteiger partial charge in [0.15, 0.2) is 0 Å². The van der Waals surface area contributed by atoms with Gasteiger partial charge in [0.1, 0.15) is 12.2 Å². The van der Waals surface area contributed by atoms with E-state index in [9.17, 15) is 0 Å². The van der Waals surface area contributed by atoms with Crippen molar-refractivity contribution in [2.75, 3.05) is 0 Å². The summed E-state index contributed by atoms with van der Waals surface area (Å²) in [5.41, 5.74) is 7.53. The van der Waals surface area contributed by atoms with Crippen LogP contribution in [-0.2, 0) is 18.5 Å². The molecule has 0 amide bonds. The largest absolute Gasteiger partial charge is 0.321 e. The van der Waals surface area contributed by atoms with Crippen LogP contribution in [0.1, 0.15) is 45.0 Å². The maximum Gasteiger partial charge on any atom is 0.138 e. The Morgan fingerprint density at radius 2 is 1.95 bits per heavy atom. The van der Waals surface area contributed by atoms with Crippen molar-refractivity contribution in [3.63, 3.8) is 0 Å². The number of hydrogen-bond donors (Lipinski definition) is 1. The minimum atomic E-state index is -0.377. The lowest BCUT2D eigenvalue weighted by molar-refractivity contribution is 0.372. The van der Waals surface area contributed by atoms with Crippen molar-refractivity contribution in [1.29, 1.82) is 0 Å². The maximum atomic E-state index is 6.74. The molecule has 1 heterocycles.